The molecule has 3 amide bonds. The number of para-hydroxylation sites is 1. The van der Waals surface area contributed by atoms with Gasteiger partial charge in [-0.3, -0.25) is 14.4 Å². The molecule has 0 bridgehead atoms. The third-order valence-electron chi connectivity index (χ3n) is 4.74. The molecule has 2 aromatic rings. The molecule has 0 aliphatic heterocycles. The van der Waals surface area contributed by atoms with Crippen molar-refractivity contribution >= 4 is 33.4 Å². The zero-order valence-corrected chi connectivity index (χ0v) is 17.8. The molecule has 3 rings (SSSR count). The molecule has 31 heavy (non-hydrogen) atoms. The lowest BCUT2D eigenvalue weighted by atomic mass is 10.1. The second kappa shape index (κ2) is 9.27. The van der Waals surface area contributed by atoms with E-state index in [1.165, 1.54) is 18.2 Å². The van der Waals surface area contributed by atoms with Gasteiger partial charge in [-0.15, -0.1) is 0 Å². The van der Waals surface area contributed by atoms with Crippen LogP contribution in [0, 0.1) is 6.92 Å². The number of rotatable bonds is 9. The van der Waals surface area contributed by atoms with Gasteiger partial charge >= 0.3 is 0 Å². The lowest BCUT2D eigenvalue weighted by Gasteiger charge is -2.13. The van der Waals surface area contributed by atoms with Crippen molar-refractivity contribution in [3.8, 4) is 0 Å². The molecular formula is C21H24N4O5S. The Morgan fingerprint density at radius 3 is 2.42 bits per heavy atom. The average molecular weight is 445 g/mol. The highest BCUT2D eigenvalue weighted by molar-refractivity contribution is 7.89. The second-order valence-corrected chi connectivity index (χ2v) is 9.06. The summed E-state index contributed by atoms with van der Waals surface area (Å²) in [5.74, 6) is -1.56. The van der Waals surface area contributed by atoms with Gasteiger partial charge in [-0.1, -0.05) is 18.2 Å². The van der Waals surface area contributed by atoms with E-state index in [1.54, 1.807) is 31.2 Å². The van der Waals surface area contributed by atoms with Crippen molar-refractivity contribution in [1.82, 2.24) is 10.0 Å². The fourth-order valence-corrected chi connectivity index (χ4v) is 4.21. The van der Waals surface area contributed by atoms with Crippen LogP contribution in [-0.4, -0.2) is 38.7 Å². The average Bonchev–Trinajstić information content (AvgIpc) is 3.51. The minimum Gasteiger partial charge on any atom is -0.370 e. The first-order valence-electron chi connectivity index (χ1n) is 9.77. The van der Waals surface area contributed by atoms with Crippen molar-refractivity contribution in [2.75, 3.05) is 11.9 Å². The zero-order chi connectivity index (χ0) is 22.6. The van der Waals surface area contributed by atoms with E-state index in [0.29, 0.717) is 5.56 Å². The van der Waals surface area contributed by atoms with Crippen molar-refractivity contribution < 1.29 is 22.8 Å². The van der Waals surface area contributed by atoms with Crippen LogP contribution < -0.4 is 21.1 Å². The van der Waals surface area contributed by atoms with Crippen molar-refractivity contribution in [3.63, 3.8) is 0 Å². The highest BCUT2D eigenvalue weighted by Gasteiger charge is 2.28. The largest absolute Gasteiger partial charge is 0.370 e. The summed E-state index contributed by atoms with van der Waals surface area (Å²) >= 11 is 0. The molecule has 2 aromatic carbocycles. The Kier molecular flexibility index (Phi) is 6.71. The van der Waals surface area contributed by atoms with Crippen LogP contribution in [0.25, 0.3) is 0 Å². The van der Waals surface area contributed by atoms with Gasteiger partial charge in [-0.2, -0.15) is 0 Å². The van der Waals surface area contributed by atoms with Gasteiger partial charge in [0.2, 0.25) is 15.9 Å². The molecule has 1 aliphatic carbocycles. The molecule has 1 saturated carbocycles. The van der Waals surface area contributed by atoms with Crippen molar-refractivity contribution in [2.24, 2.45) is 5.73 Å². The number of benzene rings is 2. The van der Waals surface area contributed by atoms with Crippen LogP contribution in [0.2, 0.25) is 0 Å². The molecule has 0 atom stereocenters. The van der Waals surface area contributed by atoms with E-state index in [0.717, 1.165) is 12.8 Å². The van der Waals surface area contributed by atoms with Gasteiger partial charge in [-0.25, -0.2) is 13.1 Å². The summed E-state index contributed by atoms with van der Waals surface area (Å²) in [6.07, 6.45) is 1.60. The molecule has 0 heterocycles. The molecule has 0 saturated heterocycles. The maximum atomic E-state index is 12.9. The molecule has 9 nitrogen and oxygen atoms in total. The number of hydrogen-bond acceptors (Lipinski definition) is 5. The van der Waals surface area contributed by atoms with Gasteiger partial charge in [0.1, 0.15) is 0 Å². The second-order valence-electron chi connectivity index (χ2n) is 7.34. The summed E-state index contributed by atoms with van der Waals surface area (Å²) in [5, 5.41) is 5.24. The SMILES string of the molecule is Cc1ccc(S(=O)(=O)NC2CC2)cc1C(=O)Nc1ccccc1C(=O)NCCC(N)=O. The minimum atomic E-state index is -3.71. The molecule has 0 aromatic heterocycles. The Bertz CT molecular complexity index is 1130. The summed E-state index contributed by atoms with van der Waals surface area (Å²) in [5.41, 5.74) is 6.30. The third kappa shape index (κ3) is 5.89. The standard InChI is InChI=1S/C21H24N4O5S/c1-13-6-9-15(31(29,30)25-14-7-8-14)12-17(13)21(28)24-18-5-3-2-4-16(18)20(27)23-11-10-19(22)26/h2-6,9,12,14,25H,7-8,10-11H2,1H3,(H2,22,26)(H,23,27)(H,24,28). The molecule has 1 aliphatic rings. The summed E-state index contributed by atoms with van der Waals surface area (Å²) in [6.45, 7) is 1.77. The molecule has 164 valence electrons. The zero-order valence-electron chi connectivity index (χ0n) is 17.0. The lowest BCUT2D eigenvalue weighted by Crippen LogP contribution is -2.29. The van der Waals surface area contributed by atoms with Gasteiger partial charge in [0, 0.05) is 24.6 Å². The van der Waals surface area contributed by atoms with Gasteiger partial charge in [0.15, 0.2) is 0 Å². The molecular weight excluding hydrogens is 420 g/mol. The molecule has 1 fully saturated rings. The van der Waals surface area contributed by atoms with Crippen LogP contribution in [0.5, 0.6) is 0 Å². The molecule has 10 heteroatoms. The number of primary amides is 1. The third-order valence-corrected chi connectivity index (χ3v) is 6.26. The highest BCUT2D eigenvalue weighted by Crippen LogP contribution is 2.24. The van der Waals surface area contributed by atoms with Gasteiger partial charge in [-0.05, 0) is 49.6 Å². The van der Waals surface area contributed by atoms with E-state index in [-0.39, 0.29) is 40.7 Å². The predicted octanol–water partition coefficient (Wildman–Crippen LogP) is 1.29. The summed E-state index contributed by atoms with van der Waals surface area (Å²) in [7, 11) is -3.71. The Balaban J connectivity index is 1.79. The van der Waals surface area contributed by atoms with E-state index in [1.807, 2.05) is 0 Å². The lowest BCUT2D eigenvalue weighted by molar-refractivity contribution is -0.117. The van der Waals surface area contributed by atoms with Crippen LogP contribution >= 0.6 is 0 Å². The first-order chi connectivity index (χ1) is 14.7. The number of nitrogens with two attached hydrogens (primary N) is 1. The van der Waals surface area contributed by atoms with Crippen molar-refractivity contribution in [2.45, 2.75) is 37.1 Å². The van der Waals surface area contributed by atoms with Gasteiger partial charge in [0.25, 0.3) is 11.8 Å². The summed E-state index contributed by atoms with van der Waals surface area (Å²) < 4.78 is 27.6. The highest BCUT2D eigenvalue weighted by atomic mass is 32.2. The van der Waals surface area contributed by atoms with E-state index in [9.17, 15) is 22.8 Å². The number of amides is 3. The number of anilines is 1. The first kappa shape index (κ1) is 22.4. The topological polar surface area (TPSA) is 147 Å². The molecule has 0 spiro atoms. The van der Waals surface area contributed by atoms with Crippen LogP contribution in [0.4, 0.5) is 5.69 Å². The van der Waals surface area contributed by atoms with Gasteiger partial charge in [0.05, 0.1) is 16.1 Å². The maximum absolute atomic E-state index is 12.9. The first-order valence-corrected chi connectivity index (χ1v) is 11.3. The van der Waals surface area contributed by atoms with E-state index in [4.69, 9.17) is 5.73 Å². The monoisotopic (exact) mass is 444 g/mol. The molecule has 0 unspecified atom stereocenters. The van der Waals surface area contributed by atoms with E-state index >= 15 is 0 Å². The predicted molar refractivity (Wildman–Crippen MR) is 115 cm³/mol. The summed E-state index contributed by atoms with van der Waals surface area (Å²) in [4.78, 5) is 36.2. The van der Waals surface area contributed by atoms with Crippen molar-refractivity contribution in [1.29, 1.82) is 0 Å². The fourth-order valence-electron chi connectivity index (χ4n) is 2.88. The number of sulfonamides is 1. The van der Waals surface area contributed by atoms with E-state index < -0.39 is 27.7 Å². The Morgan fingerprint density at radius 1 is 1.03 bits per heavy atom. The van der Waals surface area contributed by atoms with Crippen LogP contribution in [-0.2, 0) is 14.8 Å². The van der Waals surface area contributed by atoms with E-state index in [2.05, 4.69) is 15.4 Å². The summed E-state index contributed by atoms with van der Waals surface area (Å²) in [6, 6.07) is 10.7. The number of carbonyl (C=O) groups excluding carboxylic acids is 3. The number of carbonyl (C=O) groups is 3. The van der Waals surface area contributed by atoms with Crippen LogP contribution in [0.1, 0.15) is 45.5 Å². The van der Waals surface area contributed by atoms with Crippen LogP contribution in [0.15, 0.2) is 47.4 Å². The minimum absolute atomic E-state index is 0.00435. The fraction of sp³-hybridized carbons (Fsp3) is 0.286. The molecule has 0 radical (unpaired) electrons. The van der Waals surface area contributed by atoms with Crippen LogP contribution in [0.3, 0.4) is 0 Å². The number of nitrogens with one attached hydrogen (secondary N) is 3. The smallest absolute Gasteiger partial charge is 0.255 e. The Labute approximate surface area is 180 Å². The van der Waals surface area contributed by atoms with Crippen molar-refractivity contribution in [3.05, 3.63) is 59.2 Å². The Morgan fingerprint density at radius 2 is 1.74 bits per heavy atom. The normalized spacial score (nSPS) is 13.5. The van der Waals surface area contributed by atoms with Gasteiger partial charge < -0.3 is 16.4 Å². The maximum Gasteiger partial charge on any atom is 0.255 e. The number of hydrogen-bond donors (Lipinski definition) is 4. The Hall–Kier alpha value is -3.24. The quantitative estimate of drug-likeness (QED) is 0.460. The number of aryl methyl sites for hydroxylation is 1. The molecule has 5 N–H and O–H groups in total.